The second-order valence-corrected chi connectivity index (χ2v) is 3.23. The molecule has 0 unspecified atom stereocenters. The van der Waals surface area contributed by atoms with E-state index in [4.69, 9.17) is 9.47 Å². The molecule has 0 aliphatic carbocycles. The summed E-state index contributed by atoms with van der Waals surface area (Å²) >= 11 is 0. The number of carbonyl (C=O) groups is 2. The molecule has 0 aromatic heterocycles. The zero-order valence-electron chi connectivity index (χ0n) is 10.4. The van der Waals surface area contributed by atoms with Crippen LogP contribution in [0.5, 0.6) is 0 Å². The van der Waals surface area contributed by atoms with Gasteiger partial charge in [-0.25, -0.2) is 9.59 Å². The fourth-order valence-corrected chi connectivity index (χ4v) is 1.11. The summed E-state index contributed by atoms with van der Waals surface area (Å²) < 4.78 is 18.3. The summed E-state index contributed by atoms with van der Waals surface area (Å²) in [5.41, 5.74) is 0. The molecule has 0 atom stereocenters. The van der Waals surface area contributed by atoms with E-state index in [1.807, 2.05) is 6.92 Å². The lowest BCUT2D eigenvalue weighted by Gasteiger charge is -2.16. The van der Waals surface area contributed by atoms with Crippen molar-refractivity contribution in [1.29, 1.82) is 0 Å². The van der Waals surface area contributed by atoms with Crippen LogP contribution in [-0.4, -0.2) is 18.6 Å². The van der Waals surface area contributed by atoms with Gasteiger partial charge in [0.15, 0.2) is 0 Å². The van der Waals surface area contributed by atoms with Gasteiger partial charge in [-0.15, -0.1) is 0 Å². The Labute approximate surface area is 106 Å². The fourth-order valence-electron chi connectivity index (χ4n) is 1.11. The van der Waals surface area contributed by atoms with Crippen molar-refractivity contribution in [2.45, 2.75) is 38.9 Å². The molecule has 0 spiro atoms. The van der Waals surface area contributed by atoms with Gasteiger partial charge in [-0.2, -0.15) is 0 Å². The Morgan fingerprint density at radius 1 is 1.06 bits per heavy atom. The molecule has 6 nitrogen and oxygen atoms in total. The molecule has 0 aromatic carbocycles. The van der Waals surface area contributed by atoms with E-state index in [1.165, 1.54) is 0 Å². The van der Waals surface area contributed by atoms with Crippen LogP contribution in [0.1, 0.15) is 32.6 Å². The molecule has 6 heteroatoms. The van der Waals surface area contributed by atoms with Gasteiger partial charge in [0.25, 0.3) is 6.29 Å². The minimum Gasteiger partial charge on any atom is -0.404 e. The van der Waals surface area contributed by atoms with E-state index in [0.29, 0.717) is 6.42 Å². The Morgan fingerprint density at radius 2 is 1.56 bits per heavy atom. The molecular weight excluding hydrogens is 240 g/mol. The van der Waals surface area contributed by atoms with Crippen LogP contribution in [0.25, 0.3) is 0 Å². The van der Waals surface area contributed by atoms with Crippen molar-refractivity contribution in [3.63, 3.8) is 0 Å². The molecule has 0 radical (unpaired) electrons. The molecule has 0 saturated heterocycles. The number of rotatable bonds is 8. The number of unbranched alkanes of at least 4 members (excludes halogenated alkanes) is 2. The van der Waals surface area contributed by atoms with E-state index in [1.54, 1.807) is 0 Å². The predicted octanol–water partition coefficient (Wildman–Crippen LogP) is 3.49. The number of hydrogen-bond acceptors (Lipinski definition) is 6. The lowest BCUT2D eigenvalue weighted by atomic mass is 10.2. The van der Waals surface area contributed by atoms with Crippen molar-refractivity contribution in [1.82, 2.24) is 0 Å². The third kappa shape index (κ3) is 8.20. The highest BCUT2D eigenvalue weighted by Crippen LogP contribution is 2.10. The molecule has 0 heterocycles. The highest BCUT2D eigenvalue weighted by molar-refractivity contribution is 5.62. The quantitative estimate of drug-likeness (QED) is 0.287. The molecular formula is C12H18O6. The molecule has 0 aliphatic rings. The highest BCUT2D eigenvalue weighted by atomic mass is 16.8. The first-order valence-corrected chi connectivity index (χ1v) is 5.60. The third-order valence-electron chi connectivity index (χ3n) is 1.86. The standard InChI is InChI=1S/C12H18O6/c1-4-7-8-9-10(17-11(13)15-5-2)18-12(14)16-6-3/h5-6,10H,2-4,7-9H2,1H3. The van der Waals surface area contributed by atoms with Crippen molar-refractivity contribution < 1.29 is 28.5 Å². The summed E-state index contributed by atoms with van der Waals surface area (Å²) in [6.45, 7) is 8.43. The number of ether oxygens (including phenoxy) is 4. The van der Waals surface area contributed by atoms with Gasteiger partial charge in [-0.1, -0.05) is 32.9 Å². The van der Waals surface area contributed by atoms with Gasteiger partial charge in [0.1, 0.15) is 0 Å². The van der Waals surface area contributed by atoms with E-state index in [9.17, 15) is 9.59 Å². The van der Waals surface area contributed by atoms with Crippen LogP contribution in [0.15, 0.2) is 25.7 Å². The second-order valence-electron chi connectivity index (χ2n) is 3.23. The topological polar surface area (TPSA) is 71.1 Å². The summed E-state index contributed by atoms with van der Waals surface area (Å²) in [4.78, 5) is 22.1. The molecule has 0 aliphatic heterocycles. The van der Waals surface area contributed by atoms with Gasteiger partial charge in [0.05, 0.1) is 12.5 Å². The first-order valence-electron chi connectivity index (χ1n) is 5.60. The zero-order valence-corrected chi connectivity index (χ0v) is 10.4. The molecule has 102 valence electrons. The smallest absolute Gasteiger partial charge is 0.404 e. The van der Waals surface area contributed by atoms with Crippen molar-refractivity contribution in [3.8, 4) is 0 Å². The Kier molecular flexibility index (Phi) is 9.07. The largest absolute Gasteiger partial charge is 0.516 e. The van der Waals surface area contributed by atoms with Crippen molar-refractivity contribution in [3.05, 3.63) is 25.7 Å². The van der Waals surface area contributed by atoms with Gasteiger partial charge >= 0.3 is 12.3 Å². The summed E-state index contributed by atoms with van der Waals surface area (Å²) in [6, 6.07) is 0. The maximum absolute atomic E-state index is 11.1. The van der Waals surface area contributed by atoms with E-state index < -0.39 is 18.6 Å². The third-order valence-corrected chi connectivity index (χ3v) is 1.86. The minimum atomic E-state index is -1.04. The Morgan fingerprint density at radius 3 is 1.94 bits per heavy atom. The first kappa shape index (κ1) is 16.0. The lowest BCUT2D eigenvalue weighted by molar-refractivity contribution is -0.0970. The van der Waals surface area contributed by atoms with Crippen molar-refractivity contribution >= 4 is 12.3 Å². The van der Waals surface area contributed by atoms with Crippen molar-refractivity contribution in [2.75, 3.05) is 0 Å². The molecule has 0 amide bonds. The first-order chi connectivity index (χ1) is 8.63. The zero-order chi connectivity index (χ0) is 13.8. The highest BCUT2D eigenvalue weighted by Gasteiger charge is 2.19. The molecule has 0 saturated carbocycles. The van der Waals surface area contributed by atoms with E-state index in [-0.39, 0.29) is 0 Å². The van der Waals surface area contributed by atoms with Crippen molar-refractivity contribution in [2.24, 2.45) is 0 Å². The van der Waals surface area contributed by atoms with Gasteiger partial charge < -0.3 is 18.9 Å². The SMILES string of the molecule is C=COC(=O)OC(CCCCC)OC(=O)OC=C. The number of carbonyl (C=O) groups excluding carboxylic acids is 2. The van der Waals surface area contributed by atoms with Gasteiger partial charge in [0, 0.05) is 6.42 Å². The van der Waals surface area contributed by atoms with Crippen LogP contribution in [0.3, 0.4) is 0 Å². The van der Waals surface area contributed by atoms with Crippen LogP contribution in [0, 0.1) is 0 Å². The molecule has 0 rings (SSSR count). The summed E-state index contributed by atoms with van der Waals surface area (Å²) in [5.74, 6) is 0. The predicted molar refractivity (Wildman–Crippen MR) is 63.5 cm³/mol. The maximum atomic E-state index is 11.1. The monoisotopic (exact) mass is 258 g/mol. The molecule has 0 bridgehead atoms. The lowest BCUT2D eigenvalue weighted by Crippen LogP contribution is -2.24. The van der Waals surface area contributed by atoms with Crippen LogP contribution in [-0.2, 0) is 18.9 Å². The Bertz CT molecular complexity index is 262. The summed E-state index contributed by atoms with van der Waals surface area (Å²) in [7, 11) is 0. The Balaban J connectivity index is 4.22. The minimum absolute atomic E-state index is 0.367. The average molecular weight is 258 g/mol. The number of hydrogen-bond donors (Lipinski definition) is 0. The summed E-state index contributed by atoms with van der Waals surface area (Å²) in [6.07, 6.45) is 1.85. The van der Waals surface area contributed by atoms with E-state index in [0.717, 1.165) is 31.8 Å². The van der Waals surface area contributed by atoms with E-state index >= 15 is 0 Å². The summed E-state index contributed by atoms with van der Waals surface area (Å²) in [5, 5.41) is 0. The van der Waals surface area contributed by atoms with Crippen LogP contribution >= 0.6 is 0 Å². The van der Waals surface area contributed by atoms with E-state index in [2.05, 4.69) is 22.6 Å². The van der Waals surface area contributed by atoms with Gasteiger partial charge in [-0.3, -0.25) is 0 Å². The van der Waals surface area contributed by atoms with Crippen LogP contribution in [0.4, 0.5) is 9.59 Å². The molecule has 0 aromatic rings. The molecule has 18 heavy (non-hydrogen) atoms. The molecule has 0 N–H and O–H groups in total. The normalized spacial score (nSPS) is 9.44. The average Bonchev–Trinajstić information content (AvgIpc) is 2.29. The maximum Gasteiger partial charge on any atom is 0.516 e. The molecule has 0 fully saturated rings. The van der Waals surface area contributed by atoms with Crippen LogP contribution in [0.2, 0.25) is 0 Å². The van der Waals surface area contributed by atoms with Gasteiger partial charge in [0.2, 0.25) is 0 Å². The van der Waals surface area contributed by atoms with Crippen LogP contribution < -0.4 is 0 Å². The fraction of sp³-hybridized carbons (Fsp3) is 0.500. The van der Waals surface area contributed by atoms with Gasteiger partial charge in [-0.05, 0) is 6.42 Å². The Hall–Kier alpha value is -1.98. The second kappa shape index (κ2) is 10.2.